The second-order valence-corrected chi connectivity index (χ2v) is 5.15. The predicted molar refractivity (Wildman–Crippen MR) is 69.7 cm³/mol. The van der Waals surface area contributed by atoms with Crippen LogP contribution in [-0.2, 0) is 0 Å². The molecule has 0 bridgehead atoms. The fraction of sp³-hybridized carbons (Fsp3) is 0.462. The standard InChI is InChI=1S/C13H16FN5/c1-8(9-3-2-4-9)19-13(16-17-18-19)10-5-11(14)7-12(15)6-10/h5-9H,2-4,15H2,1H3. The summed E-state index contributed by atoms with van der Waals surface area (Å²) in [6.45, 7) is 2.10. The Morgan fingerprint density at radius 3 is 2.79 bits per heavy atom. The highest BCUT2D eigenvalue weighted by Crippen LogP contribution is 2.37. The van der Waals surface area contributed by atoms with E-state index in [-0.39, 0.29) is 11.9 Å². The summed E-state index contributed by atoms with van der Waals surface area (Å²) in [6.07, 6.45) is 3.66. The summed E-state index contributed by atoms with van der Waals surface area (Å²) in [5.41, 5.74) is 6.67. The topological polar surface area (TPSA) is 69.6 Å². The van der Waals surface area contributed by atoms with Gasteiger partial charge in [-0.3, -0.25) is 0 Å². The molecule has 1 aliphatic carbocycles. The molecule has 1 aromatic carbocycles. The van der Waals surface area contributed by atoms with E-state index < -0.39 is 0 Å². The highest BCUT2D eigenvalue weighted by atomic mass is 19.1. The molecule has 2 aromatic rings. The van der Waals surface area contributed by atoms with E-state index in [1.807, 2.05) is 0 Å². The number of rotatable bonds is 3. The summed E-state index contributed by atoms with van der Waals surface area (Å²) in [6, 6.07) is 4.61. The molecule has 0 spiro atoms. The Morgan fingerprint density at radius 1 is 1.37 bits per heavy atom. The van der Waals surface area contributed by atoms with Gasteiger partial charge in [-0.05, 0) is 54.3 Å². The molecular weight excluding hydrogens is 245 g/mol. The molecule has 0 saturated heterocycles. The molecule has 100 valence electrons. The number of halogens is 1. The monoisotopic (exact) mass is 261 g/mol. The van der Waals surface area contributed by atoms with Crippen LogP contribution in [0.5, 0.6) is 0 Å². The third-order valence-corrected chi connectivity index (χ3v) is 3.89. The molecule has 0 aliphatic heterocycles. The number of nitrogens with zero attached hydrogens (tertiary/aromatic N) is 4. The van der Waals surface area contributed by atoms with E-state index in [0.717, 1.165) is 0 Å². The van der Waals surface area contributed by atoms with Crippen molar-refractivity contribution in [2.45, 2.75) is 32.2 Å². The molecule has 1 aromatic heterocycles. The lowest BCUT2D eigenvalue weighted by Gasteiger charge is -2.31. The maximum Gasteiger partial charge on any atom is 0.182 e. The van der Waals surface area contributed by atoms with Crippen LogP contribution in [0, 0.1) is 11.7 Å². The van der Waals surface area contributed by atoms with Gasteiger partial charge in [0, 0.05) is 11.3 Å². The second kappa shape index (κ2) is 4.60. The summed E-state index contributed by atoms with van der Waals surface area (Å²) < 4.78 is 15.2. The third-order valence-electron chi connectivity index (χ3n) is 3.89. The Morgan fingerprint density at radius 2 is 2.16 bits per heavy atom. The van der Waals surface area contributed by atoms with Crippen molar-refractivity contribution >= 4 is 5.69 Å². The first kappa shape index (κ1) is 12.1. The van der Waals surface area contributed by atoms with Crippen LogP contribution in [0.25, 0.3) is 11.4 Å². The molecule has 1 fully saturated rings. The Hall–Kier alpha value is -1.98. The minimum absolute atomic E-state index is 0.225. The van der Waals surface area contributed by atoms with E-state index in [1.165, 1.54) is 31.4 Å². The molecule has 1 atom stereocenters. The zero-order chi connectivity index (χ0) is 13.4. The molecule has 0 amide bonds. The highest BCUT2D eigenvalue weighted by Gasteiger charge is 2.28. The zero-order valence-corrected chi connectivity index (χ0v) is 10.8. The quantitative estimate of drug-likeness (QED) is 0.861. The SMILES string of the molecule is CC(C1CCC1)n1nnnc1-c1cc(N)cc(F)c1. The molecule has 19 heavy (non-hydrogen) atoms. The summed E-state index contributed by atoms with van der Waals surface area (Å²) in [4.78, 5) is 0. The van der Waals surface area contributed by atoms with Gasteiger partial charge in [0.25, 0.3) is 0 Å². The first-order valence-corrected chi connectivity index (χ1v) is 6.49. The normalized spacial score (nSPS) is 17.2. The van der Waals surface area contributed by atoms with Gasteiger partial charge in [-0.1, -0.05) is 6.42 Å². The summed E-state index contributed by atoms with van der Waals surface area (Å²) in [5.74, 6) is 0.805. The number of hydrogen-bond donors (Lipinski definition) is 1. The van der Waals surface area contributed by atoms with E-state index in [4.69, 9.17) is 5.73 Å². The summed E-state index contributed by atoms with van der Waals surface area (Å²) in [5, 5.41) is 11.8. The van der Waals surface area contributed by atoms with Crippen molar-refractivity contribution in [1.29, 1.82) is 0 Å². The first-order chi connectivity index (χ1) is 9.15. The fourth-order valence-corrected chi connectivity index (χ4v) is 2.52. The molecule has 6 heteroatoms. The van der Waals surface area contributed by atoms with E-state index in [9.17, 15) is 4.39 Å². The number of nitrogen functional groups attached to an aromatic ring is 1. The van der Waals surface area contributed by atoms with Crippen molar-refractivity contribution in [2.75, 3.05) is 5.73 Å². The fourth-order valence-electron chi connectivity index (χ4n) is 2.52. The van der Waals surface area contributed by atoms with Crippen LogP contribution in [0.15, 0.2) is 18.2 Å². The average Bonchev–Trinajstić information content (AvgIpc) is 2.73. The van der Waals surface area contributed by atoms with Crippen LogP contribution in [0.3, 0.4) is 0 Å². The number of hydrogen-bond acceptors (Lipinski definition) is 4. The Kier molecular flexibility index (Phi) is 2.93. The summed E-state index contributed by atoms with van der Waals surface area (Å²) in [7, 11) is 0. The predicted octanol–water partition coefficient (Wildman–Crippen LogP) is 2.42. The van der Waals surface area contributed by atoms with Gasteiger partial charge in [0.1, 0.15) is 5.82 Å². The molecule has 5 nitrogen and oxygen atoms in total. The van der Waals surface area contributed by atoms with Crippen molar-refractivity contribution in [3.05, 3.63) is 24.0 Å². The minimum atomic E-state index is -0.374. The third kappa shape index (κ3) is 2.18. The molecule has 2 N–H and O–H groups in total. The molecule has 1 aliphatic rings. The van der Waals surface area contributed by atoms with Gasteiger partial charge < -0.3 is 5.73 Å². The van der Waals surface area contributed by atoms with Gasteiger partial charge in [0.15, 0.2) is 5.82 Å². The smallest absolute Gasteiger partial charge is 0.182 e. The van der Waals surface area contributed by atoms with Gasteiger partial charge in [-0.2, -0.15) is 0 Å². The lowest BCUT2D eigenvalue weighted by Crippen LogP contribution is -2.24. The molecule has 1 heterocycles. The highest BCUT2D eigenvalue weighted by molar-refractivity contribution is 5.61. The van der Waals surface area contributed by atoms with E-state index >= 15 is 0 Å². The molecule has 1 saturated carbocycles. The Labute approximate surface area is 110 Å². The number of anilines is 1. The van der Waals surface area contributed by atoms with Crippen molar-refractivity contribution in [3.63, 3.8) is 0 Å². The van der Waals surface area contributed by atoms with Crippen molar-refractivity contribution in [3.8, 4) is 11.4 Å². The van der Waals surface area contributed by atoms with Crippen molar-refractivity contribution in [1.82, 2.24) is 20.2 Å². The maximum absolute atomic E-state index is 13.4. The van der Waals surface area contributed by atoms with Crippen molar-refractivity contribution in [2.24, 2.45) is 5.92 Å². The van der Waals surface area contributed by atoms with E-state index in [0.29, 0.717) is 23.0 Å². The van der Waals surface area contributed by atoms with Crippen molar-refractivity contribution < 1.29 is 4.39 Å². The zero-order valence-electron chi connectivity index (χ0n) is 10.8. The van der Waals surface area contributed by atoms with Gasteiger partial charge >= 0.3 is 0 Å². The number of nitrogens with two attached hydrogens (primary N) is 1. The number of aromatic nitrogens is 4. The maximum atomic E-state index is 13.4. The van der Waals surface area contributed by atoms with Crippen LogP contribution in [0.4, 0.5) is 10.1 Å². The van der Waals surface area contributed by atoms with Gasteiger partial charge in [-0.15, -0.1) is 5.10 Å². The van der Waals surface area contributed by atoms with E-state index in [1.54, 1.807) is 10.7 Å². The average molecular weight is 261 g/mol. The largest absolute Gasteiger partial charge is 0.399 e. The molecular formula is C13H16FN5. The van der Waals surface area contributed by atoms with Crippen LogP contribution in [0.1, 0.15) is 32.2 Å². The second-order valence-electron chi connectivity index (χ2n) is 5.15. The minimum Gasteiger partial charge on any atom is -0.399 e. The first-order valence-electron chi connectivity index (χ1n) is 6.49. The van der Waals surface area contributed by atoms with Crippen LogP contribution in [0.2, 0.25) is 0 Å². The van der Waals surface area contributed by atoms with Crippen LogP contribution < -0.4 is 5.73 Å². The molecule has 1 unspecified atom stereocenters. The Balaban J connectivity index is 1.98. The van der Waals surface area contributed by atoms with Gasteiger partial charge in [0.2, 0.25) is 0 Å². The van der Waals surface area contributed by atoms with Gasteiger partial charge in [-0.25, -0.2) is 9.07 Å². The van der Waals surface area contributed by atoms with E-state index in [2.05, 4.69) is 22.4 Å². The number of tetrazole rings is 1. The molecule has 3 rings (SSSR count). The van der Waals surface area contributed by atoms with Gasteiger partial charge in [0.05, 0.1) is 6.04 Å². The number of benzene rings is 1. The molecule has 0 radical (unpaired) electrons. The van der Waals surface area contributed by atoms with Crippen LogP contribution in [-0.4, -0.2) is 20.2 Å². The summed E-state index contributed by atoms with van der Waals surface area (Å²) >= 11 is 0. The Bertz CT molecular complexity index is 570. The van der Waals surface area contributed by atoms with Crippen LogP contribution >= 0.6 is 0 Å². The lowest BCUT2D eigenvalue weighted by atomic mass is 9.80. The lowest BCUT2D eigenvalue weighted by molar-refractivity contribution is 0.210.